The molecule has 2 rings (SSSR count). The van der Waals surface area contributed by atoms with Crippen LogP contribution in [0.1, 0.15) is 11.1 Å². The van der Waals surface area contributed by atoms with Gasteiger partial charge in [-0.15, -0.1) is 0 Å². The summed E-state index contributed by atoms with van der Waals surface area (Å²) in [6.07, 6.45) is 0. The lowest BCUT2D eigenvalue weighted by molar-refractivity contribution is 0.505. The molecule has 0 bridgehead atoms. The van der Waals surface area contributed by atoms with Crippen molar-refractivity contribution >= 4 is 11.6 Å². The molecule has 0 unspecified atom stereocenters. The normalized spacial score (nSPS) is 10.7. The fraction of sp³-hybridized carbons (Fsp3) is 0.143. The van der Waals surface area contributed by atoms with Gasteiger partial charge in [0.1, 0.15) is 5.82 Å². The van der Waals surface area contributed by atoms with Crippen LogP contribution in [-0.2, 0) is 13.1 Å². The van der Waals surface area contributed by atoms with E-state index in [2.05, 4.69) is 5.32 Å². The first-order chi connectivity index (χ1) is 9.08. The molecule has 0 aromatic heterocycles. The van der Waals surface area contributed by atoms with Gasteiger partial charge < -0.3 is 5.32 Å². The molecule has 0 amide bonds. The Morgan fingerprint density at radius 2 is 1.74 bits per heavy atom. The fourth-order valence-electron chi connectivity index (χ4n) is 1.68. The molecule has 0 aliphatic rings. The van der Waals surface area contributed by atoms with E-state index in [1.807, 2.05) is 0 Å². The van der Waals surface area contributed by atoms with Crippen molar-refractivity contribution in [3.63, 3.8) is 0 Å². The van der Waals surface area contributed by atoms with Gasteiger partial charge in [-0.2, -0.15) is 0 Å². The topological polar surface area (TPSA) is 12.0 Å². The third kappa shape index (κ3) is 3.49. The second-order valence-corrected chi connectivity index (χ2v) is 4.47. The summed E-state index contributed by atoms with van der Waals surface area (Å²) in [5, 5.41) is 3.01. The second-order valence-electron chi connectivity index (χ2n) is 4.06. The highest BCUT2D eigenvalue weighted by molar-refractivity contribution is 6.30. The van der Waals surface area contributed by atoms with Gasteiger partial charge >= 0.3 is 0 Å². The molecule has 0 heterocycles. The number of benzene rings is 2. The Balaban J connectivity index is 1.96. The fourth-order valence-corrected chi connectivity index (χ4v) is 1.87. The lowest BCUT2D eigenvalue weighted by Crippen LogP contribution is -2.14. The van der Waals surface area contributed by atoms with Crippen molar-refractivity contribution in [2.75, 3.05) is 0 Å². The van der Waals surface area contributed by atoms with Gasteiger partial charge in [-0.05, 0) is 23.8 Å². The highest BCUT2D eigenvalue weighted by atomic mass is 35.5. The van der Waals surface area contributed by atoms with Gasteiger partial charge in [-0.1, -0.05) is 29.8 Å². The quantitative estimate of drug-likeness (QED) is 0.894. The smallest absolute Gasteiger partial charge is 0.159 e. The van der Waals surface area contributed by atoms with Gasteiger partial charge in [0.05, 0.1) is 5.02 Å². The van der Waals surface area contributed by atoms with Crippen LogP contribution in [0, 0.1) is 17.5 Å². The third-order valence-corrected chi connectivity index (χ3v) is 2.95. The average Bonchev–Trinajstić information content (AvgIpc) is 2.39. The van der Waals surface area contributed by atoms with E-state index in [0.29, 0.717) is 17.7 Å². The summed E-state index contributed by atoms with van der Waals surface area (Å²) in [6, 6.07) is 8.37. The van der Waals surface area contributed by atoms with Crippen molar-refractivity contribution in [3.05, 3.63) is 70.0 Å². The van der Waals surface area contributed by atoms with Crippen LogP contribution in [0.25, 0.3) is 0 Å². The van der Waals surface area contributed by atoms with Gasteiger partial charge in [0.15, 0.2) is 11.6 Å². The molecule has 1 nitrogen and oxygen atoms in total. The minimum atomic E-state index is -0.895. The van der Waals surface area contributed by atoms with E-state index in [-0.39, 0.29) is 11.6 Å². The van der Waals surface area contributed by atoms with Gasteiger partial charge in [-0.3, -0.25) is 0 Å². The highest BCUT2D eigenvalue weighted by Crippen LogP contribution is 2.17. The lowest BCUT2D eigenvalue weighted by Gasteiger charge is -2.07. The predicted molar refractivity (Wildman–Crippen MR) is 68.3 cm³/mol. The number of halogens is 4. The van der Waals surface area contributed by atoms with E-state index >= 15 is 0 Å². The van der Waals surface area contributed by atoms with Crippen LogP contribution in [0.4, 0.5) is 13.2 Å². The van der Waals surface area contributed by atoms with E-state index in [1.54, 1.807) is 12.1 Å². The van der Waals surface area contributed by atoms with E-state index in [4.69, 9.17) is 11.6 Å². The van der Waals surface area contributed by atoms with Crippen molar-refractivity contribution in [2.45, 2.75) is 13.1 Å². The molecule has 0 fully saturated rings. The molecular formula is C14H11ClF3N. The molecule has 0 atom stereocenters. The van der Waals surface area contributed by atoms with Crippen LogP contribution in [0.5, 0.6) is 0 Å². The summed E-state index contributed by atoms with van der Waals surface area (Å²) in [5.74, 6) is -2.25. The minimum Gasteiger partial charge on any atom is -0.309 e. The standard InChI is InChI=1S/C14H11ClF3N/c15-11-3-1-2-10(14(11)18)8-19-7-9-4-5-12(16)13(17)6-9/h1-6,19H,7-8H2. The Bertz CT molecular complexity index is 587. The summed E-state index contributed by atoms with van der Waals surface area (Å²) in [5.41, 5.74) is 1.01. The number of rotatable bonds is 4. The lowest BCUT2D eigenvalue weighted by atomic mass is 10.2. The number of hydrogen-bond donors (Lipinski definition) is 1. The Kier molecular flexibility index (Phi) is 4.45. The molecule has 2 aromatic carbocycles. The van der Waals surface area contributed by atoms with Gasteiger partial charge in [-0.25, -0.2) is 13.2 Å². The first kappa shape index (κ1) is 13.9. The summed E-state index contributed by atoms with van der Waals surface area (Å²) in [4.78, 5) is 0. The average molecular weight is 286 g/mol. The zero-order chi connectivity index (χ0) is 13.8. The Hall–Kier alpha value is -1.52. The Morgan fingerprint density at radius 3 is 2.47 bits per heavy atom. The second kappa shape index (κ2) is 6.08. The molecule has 5 heteroatoms. The van der Waals surface area contributed by atoms with Crippen LogP contribution in [0.3, 0.4) is 0 Å². The van der Waals surface area contributed by atoms with Crippen LogP contribution >= 0.6 is 11.6 Å². The molecule has 0 saturated carbocycles. The zero-order valence-electron chi connectivity index (χ0n) is 9.89. The molecule has 0 saturated heterocycles. The van der Waals surface area contributed by atoms with Crippen molar-refractivity contribution in [1.29, 1.82) is 0 Å². The van der Waals surface area contributed by atoms with Crippen molar-refractivity contribution < 1.29 is 13.2 Å². The molecule has 0 aliphatic heterocycles. The van der Waals surface area contributed by atoms with Gasteiger partial charge in [0, 0.05) is 18.7 Å². The van der Waals surface area contributed by atoms with Gasteiger partial charge in [0.2, 0.25) is 0 Å². The minimum absolute atomic E-state index is 0.0622. The summed E-state index contributed by atoms with van der Waals surface area (Å²) in [7, 11) is 0. The molecule has 2 aromatic rings. The van der Waals surface area contributed by atoms with E-state index < -0.39 is 17.5 Å². The van der Waals surface area contributed by atoms with Crippen LogP contribution < -0.4 is 5.32 Å². The zero-order valence-corrected chi connectivity index (χ0v) is 10.6. The van der Waals surface area contributed by atoms with E-state index in [9.17, 15) is 13.2 Å². The maximum atomic E-state index is 13.6. The maximum Gasteiger partial charge on any atom is 0.159 e. The number of nitrogens with one attached hydrogen (secondary N) is 1. The largest absolute Gasteiger partial charge is 0.309 e. The van der Waals surface area contributed by atoms with Crippen LogP contribution in [0.15, 0.2) is 36.4 Å². The Labute approximate surface area is 114 Å². The molecule has 0 spiro atoms. The van der Waals surface area contributed by atoms with E-state index in [0.717, 1.165) is 12.1 Å². The molecule has 100 valence electrons. The summed E-state index contributed by atoms with van der Waals surface area (Å²) < 4.78 is 39.3. The SMILES string of the molecule is Fc1ccc(CNCc2cccc(Cl)c2F)cc1F. The first-order valence-electron chi connectivity index (χ1n) is 5.65. The Morgan fingerprint density at radius 1 is 0.947 bits per heavy atom. The highest BCUT2D eigenvalue weighted by Gasteiger charge is 2.06. The molecule has 1 N–H and O–H groups in total. The monoisotopic (exact) mass is 285 g/mol. The van der Waals surface area contributed by atoms with Crippen molar-refractivity contribution in [2.24, 2.45) is 0 Å². The summed E-state index contributed by atoms with van der Waals surface area (Å²) in [6.45, 7) is 0.564. The van der Waals surface area contributed by atoms with E-state index in [1.165, 1.54) is 12.1 Å². The third-order valence-electron chi connectivity index (χ3n) is 2.66. The molecule has 19 heavy (non-hydrogen) atoms. The van der Waals surface area contributed by atoms with Crippen molar-refractivity contribution in [3.8, 4) is 0 Å². The summed E-state index contributed by atoms with van der Waals surface area (Å²) >= 11 is 5.65. The molecule has 0 aliphatic carbocycles. The number of hydrogen-bond acceptors (Lipinski definition) is 1. The maximum absolute atomic E-state index is 13.6. The van der Waals surface area contributed by atoms with Crippen LogP contribution in [-0.4, -0.2) is 0 Å². The van der Waals surface area contributed by atoms with Crippen molar-refractivity contribution in [1.82, 2.24) is 5.32 Å². The predicted octanol–water partition coefficient (Wildman–Crippen LogP) is 4.05. The molecule has 0 radical (unpaired) electrons. The van der Waals surface area contributed by atoms with Crippen LogP contribution in [0.2, 0.25) is 5.02 Å². The molecular weight excluding hydrogens is 275 g/mol. The van der Waals surface area contributed by atoms with Gasteiger partial charge in [0.25, 0.3) is 0 Å². The first-order valence-corrected chi connectivity index (χ1v) is 6.03.